The molecule has 1 amide bonds. The van der Waals surface area contributed by atoms with Crippen LogP contribution in [0.1, 0.15) is 27.6 Å². The first-order chi connectivity index (χ1) is 12.0. The van der Waals surface area contributed by atoms with Crippen molar-refractivity contribution in [3.63, 3.8) is 0 Å². The van der Waals surface area contributed by atoms with Gasteiger partial charge in [-0.25, -0.2) is 9.18 Å². The highest BCUT2D eigenvalue weighted by atomic mass is 19.1. The summed E-state index contributed by atoms with van der Waals surface area (Å²) >= 11 is 0. The third-order valence-corrected chi connectivity index (χ3v) is 4.23. The van der Waals surface area contributed by atoms with Crippen molar-refractivity contribution < 1.29 is 23.8 Å². The summed E-state index contributed by atoms with van der Waals surface area (Å²) in [5, 5.41) is 9.23. The van der Waals surface area contributed by atoms with E-state index in [0.717, 1.165) is 0 Å². The minimum absolute atomic E-state index is 0.0122. The minimum atomic E-state index is -1.05. The molecular formula is C19H18FNO4. The van der Waals surface area contributed by atoms with E-state index in [9.17, 15) is 19.1 Å². The predicted molar refractivity (Wildman–Crippen MR) is 88.8 cm³/mol. The van der Waals surface area contributed by atoms with Crippen molar-refractivity contribution in [2.24, 2.45) is 0 Å². The van der Waals surface area contributed by atoms with Crippen molar-refractivity contribution in [2.75, 3.05) is 19.7 Å². The standard InChI is InChI=1S/C19H18FNO4/c20-15-6-3-5-14(10-15)17-12-21(8-9-25-17)18(22)11-13-4-1-2-7-16(13)19(23)24/h1-7,10,17H,8-9,11-12H2,(H,23,24). The molecule has 3 rings (SSSR count). The number of ether oxygens (including phenoxy) is 1. The topological polar surface area (TPSA) is 66.8 Å². The van der Waals surface area contributed by atoms with Gasteiger partial charge >= 0.3 is 5.97 Å². The molecule has 1 unspecified atom stereocenters. The first kappa shape index (κ1) is 17.1. The van der Waals surface area contributed by atoms with Crippen LogP contribution in [0.2, 0.25) is 0 Å². The second kappa shape index (κ2) is 7.44. The van der Waals surface area contributed by atoms with Crippen LogP contribution in [0, 0.1) is 5.82 Å². The highest BCUT2D eigenvalue weighted by Crippen LogP contribution is 2.23. The van der Waals surface area contributed by atoms with Gasteiger partial charge in [-0.3, -0.25) is 4.79 Å². The maximum atomic E-state index is 13.4. The van der Waals surface area contributed by atoms with Crippen LogP contribution in [0.15, 0.2) is 48.5 Å². The van der Waals surface area contributed by atoms with Gasteiger partial charge in [-0.2, -0.15) is 0 Å². The highest BCUT2D eigenvalue weighted by Gasteiger charge is 2.26. The molecule has 1 atom stereocenters. The molecule has 0 bridgehead atoms. The quantitative estimate of drug-likeness (QED) is 0.927. The van der Waals surface area contributed by atoms with Crippen molar-refractivity contribution >= 4 is 11.9 Å². The molecule has 0 radical (unpaired) electrons. The number of aromatic carboxylic acids is 1. The highest BCUT2D eigenvalue weighted by molar-refractivity contribution is 5.91. The normalized spacial score (nSPS) is 17.3. The molecule has 0 saturated carbocycles. The Labute approximate surface area is 144 Å². The summed E-state index contributed by atoms with van der Waals surface area (Å²) in [6, 6.07) is 12.6. The zero-order chi connectivity index (χ0) is 17.8. The Bertz CT molecular complexity index is 792. The van der Waals surface area contributed by atoms with Crippen LogP contribution in [0.3, 0.4) is 0 Å². The molecule has 130 valence electrons. The smallest absolute Gasteiger partial charge is 0.335 e. The molecule has 0 spiro atoms. The van der Waals surface area contributed by atoms with E-state index in [-0.39, 0.29) is 29.8 Å². The lowest BCUT2D eigenvalue weighted by atomic mass is 10.0. The Balaban J connectivity index is 1.71. The summed E-state index contributed by atoms with van der Waals surface area (Å²) in [6.45, 7) is 1.10. The minimum Gasteiger partial charge on any atom is -0.478 e. The number of benzene rings is 2. The molecule has 5 nitrogen and oxygen atoms in total. The van der Waals surface area contributed by atoms with E-state index >= 15 is 0 Å². The molecule has 2 aromatic carbocycles. The third kappa shape index (κ3) is 4.03. The van der Waals surface area contributed by atoms with Gasteiger partial charge in [0.05, 0.1) is 25.1 Å². The molecule has 25 heavy (non-hydrogen) atoms. The van der Waals surface area contributed by atoms with Crippen molar-refractivity contribution in [3.8, 4) is 0 Å². The lowest BCUT2D eigenvalue weighted by Gasteiger charge is -2.33. The number of morpholine rings is 1. The zero-order valence-electron chi connectivity index (χ0n) is 13.5. The zero-order valence-corrected chi connectivity index (χ0v) is 13.5. The van der Waals surface area contributed by atoms with Crippen LogP contribution < -0.4 is 0 Å². The van der Waals surface area contributed by atoms with Gasteiger partial charge in [-0.1, -0.05) is 30.3 Å². The van der Waals surface area contributed by atoms with E-state index in [4.69, 9.17) is 4.74 Å². The fourth-order valence-corrected chi connectivity index (χ4v) is 2.94. The number of hydrogen-bond acceptors (Lipinski definition) is 3. The SMILES string of the molecule is O=C(O)c1ccccc1CC(=O)N1CCOC(c2cccc(F)c2)C1. The van der Waals surface area contributed by atoms with E-state index in [1.165, 1.54) is 18.2 Å². The van der Waals surface area contributed by atoms with Gasteiger partial charge in [0, 0.05) is 6.54 Å². The average Bonchev–Trinajstić information content (AvgIpc) is 2.62. The van der Waals surface area contributed by atoms with Crippen molar-refractivity contribution in [1.29, 1.82) is 0 Å². The number of hydrogen-bond donors (Lipinski definition) is 1. The maximum absolute atomic E-state index is 13.4. The molecule has 1 aliphatic heterocycles. The number of carbonyl (C=O) groups excluding carboxylic acids is 1. The van der Waals surface area contributed by atoms with Crippen LogP contribution in [0.4, 0.5) is 4.39 Å². The number of carboxylic acids is 1. The maximum Gasteiger partial charge on any atom is 0.335 e. The third-order valence-electron chi connectivity index (χ3n) is 4.23. The monoisotopic (exact) mass is 343 g/mol. The summed E-state index contributed by atoms with van der Waals surface area (Å²) in [6.07, 6.45) is -0.374. The van der Waals surface area contributed by atoms with Crippen molar-refractivity contribution in [2.45, 2.75) is 12.5 Å². The van der Waals surface area contributed by atoms with Crippen molar-refractivity contribution in [3.05, 3.63) is 71.0 Å². The molecule has 1 N–H and O–H groups in total. The number of carbonyl (C=O) groups is 2. The van der Waals surface area contributed by atoms with Crippen LogP contribution in [0.25, 0.3) is 0 Å². The van der Waals surface area contributed by atoms with Crippen LogP contribution in [-0.4, -0.2) is 41.6 Å². The molecule has 0 aliphatic carbocycles. The first-order valence-electron chi connectivity index (χ1n) is 8.00. The summed E-state index contributed by atoms with van der Waals surface area (Å²) in [5.74, 6) is -1.57. The molecule has 1 heterocycles. The van der Waals surface area contributed by atoms with Gasteiger partial charge in [0.15, 0.2) is 0 Å². The lowest BCUT2D eigenvalue weighted by Crippen LogP contribution is -2.43. The summed E-state index contributed by atoms with van der Waals surface area (Å²) in [4.78, 5) is 25.5. The van der Waals surface area contributed by atoms with Crippen molar-refractivity contribution in [1.82, 2.24) is 4.90 Å². The van der Waals surface area contributed by atoms with Gasteiger partial charge in [0.1, 0.15) is 11.9 Å². The average molecular weight is 343 g/mol. The Hall–Kier alpha value is -2.73. The second-order valence-corrected chi connectivity index (χ2v) is 5.89. The fourth-order valence-electron chi connectivity index (χ4n) is 2.94. The molecule has 0 aromatic heterocycles. The summed E-state index contributed by atoms with van der Waals surface area (Å²) in [5.41, 5.74) is 1.29. The van der Waals surface area contributed by atoms with E-state index in [1.54, 1.807) is 35.2 Å². The number of carboxylic acid groups (broad SMARTS) is 1. The molecular weight excluding hydrogens is 325 g/mol. The van der Waals surface area contributed by atoms with Crippen LogP contribution >= 0.6 is 0 Å². The second-order valence-electron chi connectivity index (χ2n) is 5.89. The number of amides is 1. The van der Waals surface area contributed by atoms with Gasteiger partial charge in [0.2, 0.25) is 5.91 Å². The number of rotatable bonds is 4. The lowest BCUT2D eigenvalue weighted by molar-refractivity contribution is -0.138. The van der Waals surface area contributed by atoms with Crippen LogP contribution in [0.5, 0.6) is 0 Å². The fraction of sp³-hybridized carbons (Fsp3) is 0.263. The van der Waals surface area contributed by atoms with Gasteiger partial charge in [-0.05, 0) is 29.3 Å². The van der Waals surface area contributed by atoms with E-state index in [0.29, 0.717) is 30.8 Å². The summed E-state index contributed by atoms with van der Waals surface area (Å²) in [7, 11) is 0. The molecule has 6 heteroatoms. The Morgan fingerprint density at radius 1 is 1.20 bits per heavy atom. The predicted octanol–water partition coefficient (Wildman–Crippen LogP) is 2.67. The van der Waals surface area contributed by atoms with E-state index < -0.39 is 5.97 Å². The van der Waals surface area contributed by atoms with Gasteiger partial charge in [0.25, 0.3) is 0 Å². The Kier molecular flexibility index (Phi) is 5.09. The Morgan fingerprint density at radius 2 is 2.00 bits per heavy atom. The van der Waals surface area contributed by atoms with Crippen LogP contribution in [-0.2, 0) is 16.0 Å². The van der Waals surface area contributed by atoms with Gasteiger partial charge < -0.3 is 14.7 Å². The first-order valence-corrected chi connectivity index (χ1v) is 8.00. The summed E-state index contributed by atoms with van der Waals surface area (Å²) < 4.78 is 19.1. The molecule has 1 saturated heterocycles. The molecule has 1 fully saturated rings. The Morgan fingerprint density at radius 3 is 2.76 bits per heavy atom. The van der Waals surface area contributed by atoms with Gasteiger partial charge in [-0.15, -0.1) is 0 Å². The van der Waals surface area contributed by atoms with E-state index in [2.05, 4.69) is 0 Å². The largest absolute Gasteiger partial charge is 0.478 e. The number of nitrogens with zero attached hydrogens (tertiary/aromatic N) is 1. The van der Waals surface area contributed by atoms with E-state index in [1.807, 2.05) is 0 Å². The molecule has 2 aromatic rings. The molecule has 1 aliphatic rings. The number of halogens is 1.